The van der Waals surface area contributed by atoms with E-state index in [0.717, 1.165) is 45.5 Å². The molecule has 0 saturated carbocycles. The molecule has 0 aliphatic carbocycles. The number of nitrogens with one attached hydrogen (secondary N) is 2. The summed E-state index contributed by atoms with van der Waals surface area (Å²) in [4.78, 5) is 23.1. The lowest BCUT2D eigenvalue weighted by Crippen LogP contribution is -2.49. The maximum Gasteiger partial charge on any atom is 0.255 e. The zero-order chi connectivity index (χ0) is 30.9. The molecule has 4 aromatic rings. The Morgan fingerprint density at radius 2 is 1.51 bits per heavy atom. The first-order chi connectivity index (χ1) is 20.4. The summed E-state index contributed by atoms with van der Waals surface area (Å²) in [5.74, 6) is -2.98. The van der Waals surface area contributed by atoms with Gasteiger partial charge in [-0.15, -0.1) is 0 Å². The molecular formula is C30H29F3N6O3S. The third-order valence-electron chi connectivity index (χ3n) is 6.97. The van der Waals surface area contributed by atoms with Gasteiger partial charge in [0.05, 0.1) is 0 Å². The van der Waals surface area contributed by atoms with Crippen LogP contribution in [0.15, 0.2) is 65.6 Å². The Bertz CT molecular complexity index is 1770. The van der Waals surface area contributed by atoms with Gasteiger partial charge in [-0.1, -0.05) is 17.7 Å². The Kier molecular flexibility index (Phi) is 8.38. The fourth-order valence-corrected chi connectivity index (χ4v) is 6.17. The van der Waals surface area contributed by atoms with E-state index in [0.29, 0.717) is 11.8 Å². The predicted molar refractivity (Wildman–Crippen MR) is 158 cm³/mol. The zero-order valence-electron chi connectivity index (χ0n) is 23.7. The number of nitrogens with zero attached hydrogens (tertiary/aromatic N) is 4. The predicted octanol–water partition coefficient (Wildman–Crippen LogP) is 5.33. The number of benzene rings is 3. The van der Waals surface area contributed by atoms with Crippen molar-refractivity contribution in [3.8, 4) is 0 Å². The highest BCUT2D eigenvalue weighted by Gasteiger charge is 2.32. The van der Waals surface area contributed by atoms with E-state index >= 15 is 0 Å². The number of aromatic nitrogens is 2. The molecule has 1 amide bonds. The summed E-state index contributed by atoms with van der Waals surface area (Å²) in [7, 11) is -4.32. The molecule has 0 spiro atoms. The van der Waals surface area contributed by atoms with E-state index in [-0.39, 0.29) is 43.0 Å². The number of carbonyl (C=O) groups excluding carboxylic acids is 1. The van der Waals surface area contributed by atoms with Crippen molar-refractivity contribution in [3.05, 3.63) is 100 Å². The minimum atomic E-state index is -4.32. The SMILES string of the molecule is Cc1ccc(Nc2cc(C)nc(N3CCN(S(=O)(=O)c4cc(C(=O)Nc5cc(C)c(F)c(F)c5)ccc4F)CC3)n2)cc1. The van der Waals surface area contributed by atoms with Gasteiger partial charge in [0, 0.05) is 60.9 Å². The molecule has 1 aliphatic heterocycles. The summed E-state index contributed by atoms with van der Waals surface area (Å²) < 4.78 is 70.3. The van der Waals surface area contributed by atoms with Gasteiger partial charge in [-0.2, -0.15) is 9.29 Å². The van der Waals surface area contributed by atoms with Crippen LogP contribution in [0.25, 0.3) is 0 Å². The van der Waals surface area contributed by atoms with Crippen LogP contribution in [0.1, 0.15) is 27.2 Å². The lowest BCUT2D eigenvalue weighted by molar-refractivity contribution is 0.102. The highest BCUT2D eigenvalue weighted by molar-refractivity contribution is 7.89. The highest BCUT2D eigenvalue weighted by atomic mass is 32.2. The summed E-state index contributed by atoms with van der Waals surface area (Å²) in [6.45, 7) is 5.75. The number of amides is 1. The van der Waals surface area contributed by atoms with Crippen molar-refractivity contribution in [3.63, 3.8) is 0 Å². The summed E-state index contributed by atoms with van der Waals surface area (Å²) in [6.07, 6.45) is 0. The Morgan fingerprint density at radius 1 is 0.814 bits per heavy atom. The van der Waals surface area contributed by atoms with Gasteiger partial charge in [-0.25, -0.2) is 26.6 Å². The Hall–Kier alpha value is -4.49. The number of hydrogen-bond donors (Lipinski definition) is 2. The monoisotopic (exact) mass is 610 g/mol. The van der Waals surface area contributed by atoms with E-state index in [1.165, 1.54) is 13.0 Å². The number of carbonyl (C=O) groups is 1. The first-order valence-electron chi connectivity index (χ1n) is 13.4. The third-order valence-corrected chi connectivity index (χ3v) is 8.88. The quantitative estimate of drug-likeness (QED) is 0.292. The van der Waals surface area contributed by atoms with Crippen LogP contribution in [0.3, 0.4) is 0 Å². The lowest BCUT2D eigenvalue weighted by Gasteiger charge is -2.34. The largest absolute Gasteiger partial charge is 0.340 e. The highest BCUT2D eigenvalue weighted by Crippen LogP contribution is 2.25. The van der Waals surface area contributed by atoms with Crippen molar-refractivity contribution in [2.75, 3.05) is 41.7 Å². The summed E-state index contributed by atoms with van der Waals surface area (Å²) in [5.41, 5.74) is 2.51. The van der Waals surface area contributed by atoms with Gasteiger partial charge in [0.2, 0.25) is 16.0 Å². The molecule has 3 aromatic carbocycles. The van der Waals surface area contributed by atoms with Crippen LogP contribution in [0, 0.1) is 38.2 Å². The van der Waals surface area contributed by atoms with Crippen LogP contribution in [0.5, 0.6) is 0 Å². The number of hydrogen-bond acceptors (Lipinski definition) is 7. The van der Waals surface area contributed by atoms with Crippen molar-refractivity contribution in [1.82, 2.24) is 14.3 Å². The second-order valence-corrected chi connectivity index (χ2v) is 12.2. The fourth-order valence-electron chi connectivity index (χ4n) is 4.65. The molecule has 1 aliphatic rings. The molecule has 224 valence electrons. The first kappa shape index (κ1) is 30.0. The van der Waals surface area contributed by atoms with E-state index in [1.807, 2.05) is 49.1 Å². The standard InChI is InChI=1S/C30H29F3N6O3S/c1-18-4-7-22(8-5-18)35-27-15-20(3)34-30(37-27)38-10-12-39(13-11-38)43(41,42)26-16-21(6-9-24(26)31)29(40)36-23-14-19(2)28(33)25(32)17-23/h4-9,14-17H,10-13H2,1-3H3,(H,36,40)(H,34,35,37). The van der Waals surface area contributed by atoms with Gasteiger partial charge in [0.15, 0.2) is 11.6 Å². The van der Waals surface area contributed by atoms with E-state index in [4.69, 9.17) is 0 Å². The average molecular weight is 611 g/mol. The second kappa shape index (κ2) is 12.0. The number of aryl methyl sites for hydroxylation is 3. The average Bonchev–Trinajstić information content (AvgIpc) is 2.97. The number of piperazine rings is 1. The number of rotatable bonds is 7. The van der Waals surface area contributed by atoms with Gasteiger partial charge in [-0.05, 0) is 62.7 Å². The summed E-state index contributed by atoms with van der Waals surface area (Å²) >= 11 is 0. The zero-order valence-corrected chi connectivity index (χ0v) is 24.5. The second-order valence-electron chi connectivity index (χ2n) is 10.3. The normalized spacial score (nSPS) is 14.0. The van der Waals surface area contributed by atoms with Crippen LogP contribution >= 0.6 is 0 Å². The van der Waals surface area contributed by atoms with Crippen LogP contribution in [0.2, 0.25) is 0 Å². The first-order valence-corrected chi connectivity index (χ1v) is 14.9. The van der Waals surface area contributed by atoms with Crippen molar-refractivity contribution < 1.29 is 26.4 Å². The Balaban J connectivity index is 1.29. The molecule has 5 rings (SSSR count). The smallest absolute Gasteiger partial charge is 0.255 e. The maximum absolute atomic E-state index is 14.8. The molecular weight excluding hydrogens is 581 g/mol. The van der Waals surface area contributed by atoms with Gasteiger partial charge >= 0.3 is 0 Å². The molecule has 1 fully saturated rings. The molecule has 1 aromatic heterocycles. The topological polar surface area (TPSA) is 108 Å². The third kappa shape index (κ3) is 6.62. The fraction of sp³-hybridized carbons (Fsp3) is 0.233. The summed E-state index contributed by atoms with van der Waals surface area (Å²) in [6, 6.07) is 14.6. The number of halogens is 3. The van der Waals surface area contributed by atoms with E-state index in [9.17, 15) is 26.4 Å². The molecule has 2 heterocycles. The minimum Gasteiger partial charge on any atom is -0.340 e. The molecule has 0 radical (unpaired) electrons. The molecule has 9 nitrogen and oxygen atoms in total. The van der Waals surface area contributed by atoms with Gasteiger partial charge < -0.3 is 15.5 Å². The number of sulfonamides is 1. The molecule has 0 atom stereocenters. The van der Waals surface area contributed by atoms with Gasteiger partial charge in [0.1, 0.15) is 16.5 Å². The minimum absolute atomic E-state index is 0.0216. The van der Waals surface area contributed by atoms with Gasteiger partial charge in [0.25, 0.3) is 5.91 Å². The van der Waals surface area contributed by atoms with Crippen LogP contribution in [-0.2, 0) is 10.0 Å². The number of anilines is 4. The van der Waals surface area contributed by atoms with Crippen molar-refractivity contribution in [2.24, 2.45) is 0 Å². The lowest BCUT2D eigenvalue weighted by atomic mass is 10.1. The van der Waals surface area contributed by atoms with Crippen molar-refractivity contribution in [1.29, 1.82) is 0 Å². The molecule has 0 unspecified atom stereocenters. The Labute approximate surface area is 247 Å². The molecule has 13 heteroatoms. The molecule has 2 N–H and O–H groups in total. The van der Waals surface area contributed by atoms with E-state index in [1.54, 1.807) is 0 Å². The molecule has 43 heavy (non-hydrogen) atoms. The molecule has 1 saturated heterocycles. The van der Waals surface area contributed by atoms with Crippen LogP contribution in [0.4, 0.5) is 36.3 Å². The molecule has 0 bridgehead atoms. The Morgan fingerprint density at radius 3 is 2.19 bits per heavy atom. The maximum atomic E-state index is 14.8. The van der Waals surface area contributed by atoms with Crippen molar-refractivity contribution in [2.45, 2.75) is 25.7 Å². The van der Waals surface area contributed by atoms with Gasteiger partial charge in [-0.3, -0.25) is 4.79 Å². The summed E-state index contributed by atoms with van der Waals surface area (Å²) in [5, 5.41) is 5.65. The van der Waals surface area contributed by atoms with E-state index in [2.05, 4.69) is 20.6 Å². The van der Waals surface area contributed by atoms with E-state index < -0.39 is 38.3 Å². The van der Waals surface area contributed by atoms with Crippen molar-refractivity contribution >= 4 is 39.1 Å². The van der Waals surface area contributed by atoms with Crippen LogP contribution in [-0.4, -0.2) is 54.8 Å². The van der Waals surface area contributed by atoms with Crippen LogP contribution < -0.4 is 15.5 Å².